The zero-order valence-electron chi connectivity index (χ0n) is 10.6. The molecule has 0 aliphatic carbocycles. The van der Waals surface area contributed by atoms with Crippen LogP contribution >= 0.6 is 35.0 Å². The second-order valence-electron chi connectivity index (χ2n) is 4.58. The van der Waals surface area contributed by atoms with E-state index in [1.807, 2.05) is 12.1 Å². The molecule has 1 N–H and O–H groups in total. The van der Waals surface area contributed by atoms with E-state index in [2.05, 4.69) is 15.5 Å². The summed E-state index contributed by atoms with van der Waals surface area (Å²) in [6.07, 6.45) is 2.20. The van der Waals surface area contributed by atoms with Crippen molar-refractivity contribution in [1.82, 2.24) is 15.5 Å². The van der Waals surface area contributed by atoms with Crippen LogP contribution in [0.25, 0.3) is 0 Å². The molecule has 106 valence electrons. The molecule has 1 saturated heterocycles. The molecule has 0 bridgehead atoms. The summed E-state index contributed by atoms with van der Waals surface area (Å²) in [6.45, 7) is 1.01. The Morgan fingerprint density at radius 2 is 2.25 bits per heavy atom. The molecule has 1 aliphatic heterocycles. The first kappa shape index (κ1) is 14.2. The highest BCUT2D eigenvalue weighted by Gasteiger charge is 2.22. The lowest BCUT2D eigenvalue weighted by Gasteiger charge is -2.03. The van der Waals surface area contributed by atoms with Gasteiger partial charge in [-0.15, -0.1) is 10.2 Å². The topological polar surface area (TPSA) is 51.0 Å². The summed E-state index contributed by atoms with van der Waals surface area (Å²) in [5.74, 6) is 1.35. The number of nitrogens with one attached hydrogen (secondary N) is 1. The number of aromatic nitrogens is 2. The van der Waals surface area contributed by atoms with Gasteiger partial charge >= 0.3 is 0 Å². The lowest BCUT2D eigenvalue weighted by molar-refractivity contribution is 0.374. The Labute approximate surface area is 131 Å². The SMILES string of the molecule is Clc1ccc(CSc2nnc(C3CCCN3)o2)c(Cl)c1. The fourth-order valence-electron chi connectivity index (χ4n) is 2.09. The molecule has 2 heterocycles. The second-order valence-corrected chi connectivity index (χ2v) is 6.35. The van der Waals surface area contributed by atoms with Crippen molar-refractivity contribution in [2.75, 3.05) is 6.54 Å². The average Bonchev–Trinajstić information content (AvgIpc) is 3.08. The smallest absolute Gasteiger partial charge is 0.276 e. The monoisotopic (exact) mass is 329 g/mol. The van der Waals surface area contributed by atoms with E-state index in [4.69, 9.17) is 27.6 Å². The fourth-order valence-corrected chi connectivity index (χ4v) is 3.42. The second kappa shape index (κ2) is 6.35. The van der Waals surface area contributed by atoms with Gasteiger partial charge in [-0.2, -0.15) is 0 Å². The molecule has 4 nitrogen and oxygen atoms in total. The summed E-state index contributed by atoms with van der Waals surface area (Å²) in [6, 6.07) is 5.68. The van der Waals surface area contributed by atoms with Crippen molar-refractivity contribution in [3.05, 3.63) is 39.7 Å². The van der Waals surface area contributed by atoms with E-state index in [1.165, 1.54) is 11.8 Å². The van der Waals surface area contributed by atoms with Crippen molar-refractivity contribution in [3.8, 4) is 0 Å². The van der Waals surface area contributed by atoms with E-state index in [9.17, 15) is 0 Å². The number of rotatable bonds is 4. The molecule has 1 aromatic heterocycles. The zero-order valence-corrected chi connectivity index (χ0v) is 12.9. The van der Waals surface area contributed by atoms with Crippen LogP contribution in [0.3, 0.4) is 0 Å². The maximum atomic E-state index is 6.13. The van der Waals surface area contributed by atoms with Crippen LogP contribution in [-0.2, 0) is 5.75 Å². The van der Waals surface area contributed by atoms with Gasteiger partial charge in [-0.25, -0.2) is 0 Å². The van der Waals surface area contributed by atoms with Gasteiger partial charge in [-0.3, -0.25) is 0 Å². The quantitative estimate of drug-likeness (QED) is 0.856. The molecule has 0 saturated carbocycles. The lowest BCUT2D eigenvalue weighted by atomic mass is 10.2. The molecule has 1 aromatic carbocycles. The first-order valence-corrected chi connectivity index (χ1v) is 8.10. The van der Waals surface area contributed by atoms with Gasteiger partial charge in [0.05, 0.1) is 6.04 Å². The normalized spacial score (nSPS) is 18.6. The van der Waals surface area contributed by atoms with Crippen LogP contribution in [0, 0.1) is 0 Å². The Hall–Kier alpha value is -0.750. The molecule has 0 spiro atoms. The Morgan fingerprint density at radius 3 is 3.00 bits per heavy atom. The number of hydrogen-bond donors (Lipinski definition) is 1. The first-order chi connectivity index (χ1) is 9.72. The van der Waals surface area contributed by atoms with Crippen LogP contribution in [0.2, 0.25) is 10.0 Å². The minimum Gasteiger partial charge on any atom is -0.414 e. The predicted molar refractivity (Wildman–Crippen MR) is 80.3 cm³/mol. The third-order valence-electron chi connectivity index (χ3n) is 3.15. The summed E-state index contributed by atoms with van der Waals surface area (Å²) in [5.41, 5.74) is 1.000. The highest BCUT2D eigenvalue weighted by Crippen LogP contribution is 2.29. The average molecular weight is 330 g/mol. The van der Waals surface area contributed by atoms with E-state index in [0.717, 1.165) is 24.9 Å². The third kappa shape index (κ3) is 3.28. The number of hydrogen-bond acceptors (Lipinski definition) is 5. The van der Waals surface area contributed by atoms with Crippen molar-refractivity contribution in [2.45, 2.75) is 29.9 Å². The van der Waals surface area contributed by atoms with Crippen molar-refractivity contribution >= 4 is 35.0 Å². The zero-order chi connectivity index (χ0) is 13.9. The molecular formula is C13H13Cl2N3OS. The van der Waals surface area contributed by atoms with Gasteiger partial charge in [0, 0.05) is 15.8 Å². The molecule has 0 amide bonds. The molecule has 3 rings (SSSR count). The molecule has 2 aromatic rings. The summed E-state index contributed by atoms with van der Waals surface area (Å²) in [7, 11) is 0. The van der Waals surface area contributed by atoms with Gasteiger partial charge in [-0.05, 0) is 37.1 Å². The van der Waals surface area contributed by atoms with Gasteiger partial charge in [0.2, 0.25) is 5.89 Å². The van der Waals surface area contributed by atoms with Gasteiger partial charge in [-0.1, -0.05) is 41.0 Å². The summed E-state index contributed by atoms with van der Waals surface area (Å²) >= 11 is 13.5. The lowest BCUT2D eigenvalue weighted by Crippen LogP contribution is -2.12. The Balaban J connectivity index is 1.63. The van der Waals surface area contributed by atoms with Crippen molar-refractivity contribution in [3.63, 3.8) is 0 Å². The molecule has 1 atom stereocenters. The summed E-state index contributed by atoms with van der Waals surface area (Å²) in [5, 5.41) is 13.3. The van der Waals surface area contributed by atoms with Crippen LogP contribution in [0.4, 0.5) is 0 Å². The van der Waals surface area contributed by atoms with Crippen LogP contribution in [-0.4, -0.2) is 16.7 Å². The van der Waals surface area contributed by atoms with Gasteiger partial charge < -0.3 is 9.73 Å². The maximum absolute atomic E-state index is 6.13. The number of thioether (sulfide) groups is 1. The largest absolute Gasteiger partial charge is 0.414 e. The number of halogens is 2. The fraction of sp³-hybridized carbons (Fsp3) is 0.385. The van der Waals surface area contributed by atoms with E-state index in [1.54, 1.807) is 6.07 Å². The van der Waals surface area contributed by atoms with Crippen molar-refractivity contribution in [2.24, 2.45) is 0 Å². The van der Waals surface area contributed by atoms with Gasteiger partial charge in [0.1, 0.15) is 0 Å². The van der Waals surface area contributed by atoms with Crippen molar-refractivity contribution < 1.29 is 4.42 Å². The van der Waals surface area contributed by atoms with Crippen molar-refractivity contribution in [1.29, 1.82) is 0 Å². The third-order valence-corrected chi connectivity index (χ3v) is 4.60. The standard InChI is InChI=1S/C13H13Cl2N3OS/c14-9-4-3-8(10(15)6-9)7-20-13-18-17-12(19-13)11-2-1-5-16-11/h3-4,6,11,16H,1-2,5,7H2. The Kier molecular flexibility index (Phi) is 4.51. The summed E-state index contributed by atoms with van der Waals surface area (Å²) < 4.78 is 5.66. The minimum atomic E-state index is 0.205. The molecule has 1 aliphatic rings. The molecule has 20 heavy (non-hydrogen) atoms. The Morgan fingerprint density at radius 1 is 1.35 bits per heavy atom. The van der Waals surface area contributed by atoms with E-state index < -0.39 is 0 Å². The maximum Gasteiger partial charge on any atom is 0.276 e. The van der Waals surface area contributed by atoms with Gasteiger partial charge in [0.15, 0.2) is 0 Å². The summed E-state index contributed by atoms with van der Waals surface area (Å²) in [4.78, 5) is 0. The van der Waals surface area contributed by atoms with E-state index in [-0.39, 0.29) is 6.04 Å². The molecule has 7 heteroatoms. The molecule has 1 unspecified atom stereocenters. The highest BCUT2D eigenvalue weighted by atomic mass is 35.5. The molecule has 0 radical (unpaired) electrons. The van der Waals surface area contributed by atoms with Gasteiger partial charge in [0.25, 0.3) is 5.22 Å². The van der Waals surface area contributed by atoms with E-state index >= 15 is 0 Å². The number of benzene rings is 1. The Bertz CT molecular complexity index is 599. The minimum absolute atomic E-state index is 0.205. The highest BCUT2D eigenvalue weighted by molar-refractivity contribution is 7.98. The van der Waals surface area contributed by atoms with E-state index in [0.29, 0.717) is 26.9 Å². The first-order valence-electron chi connectivity index (χ1n) is 6.36. The van der Waals surface area contributed by atoms with Crippen LogP contribution in [0.5, 0.6) is 0 Å². The predicted octanol–water partition coefficient (Wildman–Crippen LogP) is 4.09. The van der Waals surface area contributed by atoms with Crippen LogP contribution < -0.4 is 5.32 Å². The molecular weight excluding hydrogens is 317 g/mol. The van der Waals surface area contributed by atoms with Crippen LogP contribution in [0.1, 0.15) is 30.3 Å². The molecule has 1 fully saturated rings. The number of nitrogens with zero attached hydrogens (tertiary/aromatic N) is 2. The van der Waals surface area contributed by atoms with Crippen LogP contribution in [0.15, 0.2) is 27.8 Å².